The standard InChI is InChI=1S/C20H29N3O2S/c1-24-13-10-20(8-4-9-20)16-23-19(22-15-18-6-3-14-26-18)21-11-7-17-5-2-12-25-17/h2-3,5-6,12,14H,4,7-11,13,15-16H2,1H3,(H2,21,22,23). The first kappa shape index (κ1) is 19.0. The van der Waals surface area contributed by atoms with Crippen molar-refractivity contribution in [1.29, 1.82) is 0 Å². The lowest BCUT2D eigenvalue weighted by molar-refractivity contribution is 0.0732. The van der Waals surface area contributed by atoms with Crippen LogP contribution >= 0.6 is 11.3 Å². The predicted molar refractivity (Wildman–Crippen MR) is 107 cm³/mol. The number of nitrogens with zero attached hydrogens (tertiary/aromatic N) is 1. The molecule has 1 aliphatic carbocycles. The van der Waals surface area contributed by atoms with E-state index in [4.69, 9.17) is 14.1 Å². The minimum Gasteiger partial charge on any atom is -0.469 e. The highest BCUT2D eigenvalue weighted by Gasteiger charge is 2.36. The van der Waals surface area contributed by atoms with E-state index in [1.807, 2.05) is 12.1 Å². The van der Waals surface area contributed by atoms with E-state index in [0.29, 0.717) is 12.0 Å². The van der Waals surface area contributed by atoms with Gasteiger partial charge in [0.05, 0.1) is 12.8 Å². The smallest absolute Gasteiger partial charge is 0.191 e. The minimum absolute atomic E-state index is 0.363. The molecular weight excluding hydrogens is 346 g/mol. The molecule has 6 heteroatoms. The van der Waals surface area contributed by atoms with Crippen LogP contribution in [0.4, 0.5) is 0 Å². The molecule has 2 aromatic heterocycles. The molecule has 0 radical (unpaired) electrons. The molecule has 5 nitrogen and oxygen atoms in total. The summed E-state index contributed by atoms with van der Waals surface area (Å²) in [5, 5.41) is 9.11. The van der Waals surface area contributed by atoms with Gasteiger partial charge in [0.1, 0.15) is 5.76 Å². The Labute approximate surface area is 159 Å². The molecule has 0 saturated heterocycles. The third-order valence-corrected chi connectivity index (χ3v) is 5.96. The topological polar surface area (TPSA) is 58.8 Å². The number of hydrogen-bond donors (Lipinski definition) is 2. The summed E-state index contributed by atoms with van der Waals surface area (Å²) in [4.78, 5) is 6.04. The zero-order valence-corrected chi connectivity index (χ0v) is 16.3. The van der Waals surface area contributed by atoms with Crippen molar-refractivity contribution in [2.45, 2.75) is 38.6 Å². The van der Waals surface area contributed by atoms with E-state index in [0.717, 1.165) is 44.3 Å². The Morgan fingerprint density at radius 3 is 2.88 bits per heavy atom. The molecule has 1 aliphatic rings. The molecule has 0 bridgehead atoms. The number of hydrogen-bond acceptors (Lipinski definition) is 4. The largest absolute Gasteiger partial charge is 0.469 e. The van der Waals surface area contributed by atoms with Crippen LogP contribution in [0.15, 0.2) is 45.3 Å². The number of nitrogens with one attached hydrogen (secondary N) is 2. The van der Waals surface area contributed by atoms with E-state index in [1.54, 1.807) is 24.7 Å². The van der Waals surface area contributed by atoms with E-state index in [1.165, 1.54) is 24.1 Å². The second-order valence-corrected chi connectivity index (χ2v) is 7.98. The van der Waals surface area contributed by atoms with Crippen molar-refractivity contribution in [3.63, 3.8) is 0 Å². The fraction of sp³-hybridized carbons (Fsp3) is 0.550. The van der Waals surface area contributed by atoms with Gasteiger partial charge in [-0.25, -0.2) is 4.99 Å². The van der Waals surface area contributed by atoms with Gasteiger partial charge in [-0.05, 0) is 48.3 Å². The average Bonchev–Trinajstić information content (AvgIpc) is 3.31. The maximum absolute atomic E-state index is 5.41. The number of guanidine groups is 1. The highest BCUT2D eigenvalue weighted by Crippen LogP contribution is 2.43. The highest BCUT2D eigenvalue weighted by molar-refractivity contribution is 7.09. The molecule has 3 rings (SSSR count). The maximum atomic E-state index is 5.41. The fourth-order valence-corrected chi connectivity index (χ4v) is 3.90. The number of ether oxygens (including phenoxy) is 1. The molecule has 0 aromatic carbocycles. The Balaban J connectivity index is 1.53. The molecule has 1 fully saturated rings. The SMILES string of the molecule is COCCC1(CNC(=NCc2cccs2)NCCc2ccco2)CCC1. The molecule has 0 amide bonds. The minimum atomic E-state index is 0.363. The fourth-order valence-electron chi connectivity index (χ4n) is 3.27. The monoisotopic (exact) mass is 375 g/mol. The van der Waals surface area contributed by atoms with Crippen molar-refractivity contribution < 1.29 is 9.15 Å². The van der Waals surface area contributed by atoms with Crippen LogP contribution in [-0.4, -0.2) is 32.8 Å². The second-order valence-electron chi connectivity index (χ2n) is 6.95. The van der Waals surface area contributed by atoms with Crippen LogP contribution in [0.25, 0.3) is 0 Å². The molecule has 0 spiro atoms. The van der Waals surface area contributed by atoms with Crippen LogP contribution in [-0.2, 0) is 17.7 Å². The van der Waals surface area contributed by atoms with Gasteiger partial charge in [-0.3, -0.25) is 0 Å². The predicted octanol–water partition coefficient (Wildman–Crippen LogP) is 3.83. The summed E-state index contributed by atoms with van der Waals surface area (Å²) in [6.07, 6.45) is 7.54. The average molecular weight is 376 g/mol. The summed E-state index contributed by atoms with van der Waals surface area (Å²) in [6.45, 7) is 3.29. The molecule has 26 heavy (non-hydrogen) atoms. The molecule has 1 saturated carbocycles. The summed E-state index contributed by atoms with van der Waals surface area (Å²) in [5.41, 5.74) is 0.363. The van der Waals surface area contributed by atoms with Crippen molar-refractivity contribution in [3.05, 3.63) is 46.5 Å². The van der Waals surface area contributed by atoms with Gasteiger partial charge >= 0.3 is 0 Å². The maximum Gasteiger partial charge on any atom is 0.191 e. The summed E-state index contributed by atoms with van der Waals surface area (Å²) in [5.74, 6) is 1.87. The van der Waals surface area contributed by atoms with Gasteiger partial charge in [-0.1, -0.05) is 12.5 Å². The summed E-state index contributed by atoms with van der Waals surface area (Å²) in [7, 11) is 1.78. The van der Waals surface area contributed by atoms with Crippen molar-refractivity contribution in [2.24, 2.45) is 10.4 Å². The third-order valence-electron chi connectivity index (χ3n) is 5.10. The quantitative estimate of drug-likeness (QED) is 0.489. The van der Waals surface area contributed by atoms with Crippen LogP contribution < -0.4 is 10.6 Å². The van der Waals surface area contributed by atoms with E-state index in [2.05, 4.69) is 28.1 Å². The van der Waals surface area contributed by atoms with Crippen LogP contribution in [0.5, 0.6) is 0 Å². The van der Waals surface area contributed by atoms with Gasteiger partial charge in [0.2, 0.25) is 0 Å². The zero-order valence-electron chi connectivity index (χ0n) is 15.5. The van der Waals surface area contributed by atoms with E-state index in [9.17, 15) is 0 Å². The lowest BCUT2D eigenvalue weighted by atomic mass is 9.67. The molecule has 0 aliphatic heterocycles. The first-order valence-electron chi connectivity index (χ1n) is 9.36. The molecule has 2 aromatic rings. The Morgan fingerprint density at radius 2 is 2.23 bits per heavy atom. The van der Waals surface area contributed by atoms with E-state index < -0.39 is 0 Å². The molecule has 2 heterocycles. The Bertz CT molecular complexity index is 649. The van der Waals surface area contributed by atoms with Crippen molar-refractivity contribution >= 4 is 17.3 Å². The van der Waals surface area contributed by atoms with Crippen molar-refractivity contribution in [3.8, 4) is 0 Å². The lowest BCUT2D eigenvalue weighted by Crippen LogP contribution is -2.47. The number of furan rings is 1. The van der Waals surface area contributed by atoms with Crippen LogP contribution in [0.1, 0.15) is 36.3 Å². The van der Waals surface area contributed by atoms with Gasteiger partial charge in [0.15, 0.2) is 5.96 Å². The van der Waals surface area contributed by atoms with Crippen LogP contribution in [0, 0.1) is 5.41 Å². The van der Waals surface area contributed by atoms with Crippen molar-refractivity contribution in [1.82, 2.24) is 10.6 Å². The third kappa shape index (κ3) is 5.61. The van der Waals surface area contributed by atoms with Crippen LogP contribution in [0.3, 0.4) is 0 Å². The van der Waals surface area contributed by atoms with Gasteiger partial charge in [0, 0.05) is 38.1 Å². The highest BCUT2D eigenvalue weighted by atomic mass is 32.1. The first-order chi connectivity index (χ1) is 12.8. The lowest BCUT2D eigenvalue weighted by Gasteiger charge is -2.42. The van der Waals surface area contributed by atoms with Gasteiger partial charge < -0.3 is 19.8 Å². The Morgan fingerprint density at radius 1 is 1.31 bits per heavy atom. The van der Waals surface area contributed by atoms with Gasteiger partial charge in [-0.2, -0.15) is 0 Å². The molecule has 142 valence electrons. The normalized spacial score (nSPS) is 16.3. The number of methoxy groups -OCH3 is 1. The summed E-state index contributed by atoms with van der Waals surface area (Å²) < 4.78 is 10.7. The second kappa shape index (κ2) is 9.78. The zero-order chi connectivity index (χ0) is 18.1. The molecule has 2 N–H and O–H groups in total. The van der Waals surface area contributed by atoms with Crippen molar-refractivity contribution in [2.75, 3.05) is 26.8 Å². The van der Waals surface area contributed by atoms with Crippen LogP contribution in [0.2, 0.25) is 0 Å². The molecule has 0 atom stereocenters. The Kier molecular flexibility index (Phi) is 7.14. The summed E-state index contributed by atoms with van der Waals surface area (Å²) >= 11 is 1.74. The number of rotatable bonds is 10. The van der Waals surface area contributed by atoms with E-state index in [-0.39, 0.29) is 0 Å². The Hall–Kier alpha value is -1.79. The number of thiophene rings is 1. The van der Waals surface area contributed by atoms with E-state index >= 15 is 0 Å². The molecular formula is C20H29N3O2S. The van der Waals surface area contributed by atoms with Gasteiger partial charge in [0.25, 0.3) is 0 Å². The molecule has 0 unspecified atom stereocenters. The first-order valence-corrected chi connectivity index (χ1v) is 10.2. The van der Waals surface area contributed by atoms with Gasteiger partial charge in [-0.15, -0.1) is 11.3 Å². The summed E-state index contributed by atoms with van der Waals surface area (Å²) in [6, 6.07) is 8.13. The number of aliphatic imine (C=N–C) groups is 1.